The normalized spacial score (nSPS) is 10.2. The summed E-state index contributed by atoms with van der Waals surface area (Å²) >= 11 is 6.09. The molecule has 0 saturated heterocycles. The number of halogens is 1. The molecular formula is C10H7FN2O2S2. The van der Waals surface area contributed by atoms with Crippen LogP contribution in [-0.2, 0) is 4.74 Å². The molecule has 7 heteroatoms. The number of aromatic nitrogens is 2. The molecule has 0 atom stereocenters. The second kappa shape index (κ2) is 4.72. The summed E-state index contributed by atoms with van der Waals surface area (Å²) in [5.41, 5.74) is 0.631. The average molecular weight is 270 g/mol. The Hall–Kier alpha value is -1.60. The SMILES string of the molecule is COC(=O)c1cc(F)cc(-c2n[nH]c(=S)s2)c1. The number of H-pyrrole nitrogens is 1. The molecule has 0 aliphatic heterocycles. The minimum atomic E-state index is -0.593. The van der Waals surface area contributed by atoms with Crippen LogP contribution in [0, 0.1) is 9.77 Å². The van der Waals surface area contributed by atoms with E-state index in [2.05, 4.69) is 14.9 Å². The van der Waals surface area contributed by atoms with Gasteiger partial charge in [0.05, 0.1) is 12.7 Å². The Labute approximate surface area is 105 Å². The second-order valence-electron chi connectivity index (χ2n) is 3.14. The van der Waals surface area contributed by atoms with Crippen molar-refractivity contribution in [3.05, 3.63) is 33.5 Å². The van der Waals surface area contributed by atoms with Crippen LogP contribution in [0.25, 0.3) is 10.6 Å². The summed E-state index contributed by atoms with van der Waals surface area (Å²) in [6.07, 6.45) is 0. The highest BCUT2D eigenvalue weighted by Gasteiger charge is 2.11. The third-order valence-corrected chi connectivity index (χ3v) is 3.14. The summed E-state index contributed by atoms with van der Waals surface area (Å²) in [4.78, 5) is 11.3. The Kier molecular flexibility index (Phi) is 3.30. The molecule has 0 radical (unpaired) electrons. The number of nitrogens with one attached hydrogen (secondary N) is 1. The first-order valence-electron chi connectivity index (χ1n) is 4.55. The first kappa shape index (κ1) is 11.9. The smallest absolute Gasteiger partial charge is 0.337 e. The number of esters is 1. The van der Waals surface area contributed by atoms with Gasteiger partial charge < -0.3 is 4.74 Å². The number of hydrogen-bond donors (Lipinski definition) is 1. The number of carbonyl (C=O) groups is 1. The summed E-state index contributed by atoms with van der Waals surface area (Å²) < 4.78 is 18.4. The molecule has 1 heterocycles. The summed E-state index contributed by atoms with van der Waals surface area (Å²) in [5, 5.41) is 7.05. The van der Waals surface area contributed by atoms with Gasteiger partial charge in [-0.05, 0) is 30.4 Å². The fraction of sp³-hybridized carbons (Fsp3) is 0.100. The van der Waals surface area contributed by atoms with Crippen LogP contribution in [-0.4, -0.2) is 23.3 Å². The van der Waals surface area contributed by atoms with Gasteiger partial charge in [0.15, 0.2) is 3.95 Å². The molecule has 0 saturated carbocycles. The van der Waals surface area contributed by atoms with Crippen molar-refractivity contribution < 1.29 is 13.9 Å². The van der Waals surface area contributed by atoms with Crippen LogP contribution in [0.3, 0.4) is 0 Å². The third-order valence-electron chi connectivity index (χ3n) is 2.00. The first-order valence-corrected chi connectivity index (χ1v) is 5.77. The van der Waals surface area contributed by atoms with Gasteiger partial charge in [-0.3, -0.25) is 5.10 Å². The van der Waals surface area contributed by atoms with E-state index in [-0.39, 0.29) is 5.56 Å². The van der Waals surface area contributed by atoms with E-state index in [9.17, 15) is 9.18 Å². The van der Waals surface area contributed by atoms with Crippen LogP contribution in [0.15, 0.2) is 18.2 Å². The molecule has 1 aromatic heterocycles. The van der Waals surface area contributed by atoms with Crippen molar-refractivity contribution in [3.63, 3.8) is 0 Å². The number of hydrogen-bond acceptors (Lipinski definition) is 5. The summed E-state index contributed by atoms with van der Waals surface area (Å²) in [7, 11) is 1.24. The largest absolute Gasteiger partial charge is 0.465 e. The van der Waals surface area contributed by atoms with E-state index in [1.807, 2.05) is 0 Å². The maximum absolute atomic E-state index is 13.3. The van der Waals surface area contributed by atoms with Crippen LogP contribution in [0.2, 0.25) is 0 Å². The highest BCUT2D eigenvalue weighted by Crippen LogP contribution is 2.24. The molecule has 17 heavy (non-hydrogen) atoms. The van der Waals surface area contributed by atoms with Gasteiger partial charge in [0.25, 0.3) is 0 Å². The molecule has 0 aliphatic rings. The molecule has 88 valence electrons. The molecule has 0 unspecified atom stereocenters. The molecule has 4 nitrogen and oxygen atoms in total. The summed E-state index contributed by atoms with van der Waals surface area (Å²) in [6, 6.07) is 3.91. The van der Waals surface area contributed by atoms with E-state index in [1.165, 1.54) is 30.6 Å². The Morgan fingerprint density at radius 1 is 1.53 bits per heavy atom. The number of aromatic amines is 1. The van der Waals surface area contributed by atoms with Crippen molar-refractivity contribution in [2.75, 3.05) is 7.11 Å². The van der Waals surface area contributed by atoms with Gasteiger partial charge >= 0.3 is 5.97 Å². The molecule has 2 aromatic rings. The zero-order valence-electron chi connectivity index (χ0n) is 8.69. The number of methoxy groups -OCH3 is 1. The molecule has 0 aliphatic carbocycles. The maximum Gasteiger partial charge on any atom is 0.337 e. The number of carbonyl (C=O) groups excluding carboxylic acids is 1. The van der Waals surface area contributed by atoms with Gasteiger partial charge in [-0.25, -0.2) is 9.18 Å². The predicted molar refractivity (Wildman–Crippen MR) is 64.0 cm³/mol. The number of nitrogens with zero attached hydrogens (tertiary/aromatic N) is 1. The van der Waals surface area contributed by atoms with Gasteiger partial charge in [0.1, 0.15) is 10.8 Å². The van der Waals surface area contributed by atoms with Gasteiger partial charge in [-0.1, -0.05) is 11.3 Å². The Morgan fingerprint density at radius 3 is 2.88 bits per heavy atom. The molecule has 1 aromatic carbocycles. The lowest BCUT2D eigenvalue weighted by molar-refractivity contribution is 0.0600. The van der Waals surface area contributed by atoms with Crippen molar-refractivity contribution in [3.8, 4) is 10.6 Å². The average Bonchev–Trinajstić information content (AvgIpc) is 2.74. The van der Waals surface area contributed by atoms with Gasteiger partial charge in [0.2, 0.25) is 0 Å². The Balaban J connectivity index is 2.52. The van der Waals surface area contributed by atoms with Gasteiger partial charge in [0, 0.05) is 5.56 Å². The number of rotatable bonds is 2. The minimum Gasteiger partial charge on any atom is -0.465 e. The highest BCUT2D eigenvalue weighted by atomic mass is 32.1. The maximum atomic E-state index is 13.3. The topological polar surface area (TPSA) is 55.0 Å². The predicted octanol–water partition coefficient (Wildman–Crippen LogP) is 2.79. The molecule has 0 bridgehead atoms. The van der Waals surface area contributed by atoms with Gasteiger partial charge in [-0.2, -0.15) is 5.10 Å². The second-order valence-corrected chi connectivity index (χ2v) is 4.80. The number of ether oxygens (including phenoxy) is 1. The zero-order chi connectivity index (χ0) is 12.4. The first-order chi connectivity index (χ1) is 8.10. The fourth-order valence-corrected chi connectivity index (χ4v) is 2.18. The van der Waals surface area contributed by atoms with E-state index < -0.39 is 11.8 Å². The summed E-state index contributed by atoms with van der Waals surface area (Å²) in [6.45, 7) is 0. The number of benzene rings is 1. The minimum absolute atomic E-state index is 0.142. The van der Waals surface area contributed by atoms with Crippen LogP contribution >= 0.6 is 23.6 Å². The lowest BCUT2D eigenvalue weighted by Crippen LogP contribution is -2.02. The van der Waals surface area contributed by atoms with E-state index in [0.29, 0.717) is 14.5 Å². The lowest BCUT2D eigenvalue weighted by atomic mass is 10.1. The van der Waals surface area contributed by atoms with Crippen LogP contribution in [0.5, 0.6) is 0 Å². The van der Waals surface area contributed by atoms with Crippen molar-refractivity contribution in [1.29, 1.82) is 0 Å². The van der Waals surface area contributed by atoms with Gasteiger partial charge in [-0.15, -0.1) is 0 Å². The van der Waals surface area contributed by atoms with E-state index in [4.69, 9.17) is 12.2 Å². The molecule has 2 rings (SSSR count). The van der Waals surface area contributed by atoms with E-state index in [0.717, 1.165) is 6.07 Å². The molecule has 0 spiro atoms. The molecule has 1 N–H and O–H groups in total. The Bertz CT molecular complexity index is 621. The van der Waals surface area contributed by atoms with Crippen LogP contribution in [0.1, 0.15) is 10.4 Å². The van der Waals surface area contributed by atoms with Crippen molar-refractivity contribution >= 4 is 29.5 Å². The van der Waals surface area contributed by atoms with E-state index in [1.54, 1.807) is 0 Å². The van der Waals surface area contributed by atoms with E-state index >= 15 is 0 Å². The standard InChI is InChI=1S/C10H7FN2O2S2/c1-15-9(14)6-2-5(3-7(11)4-6)8-12-13-10(16)17-8/h2-4H,1H3,(H,13,16). The zero-order valence-corrected chi connectivity index (χ0v) is 10.3. The monoisotopic (exact) mass is 270 g/mol. The quantitative estimate of drug-likeness (QED) is 0.673. The van der Waals surface area contributed by atoms with Crippen LogP contribution in [0.4, 0.5) is 4.39 Å². The molecular weight excluding hydrogens is 263 g/mol. The molecule has 0 amide bonds. The molecule has 0 fully saturated rings. The fourth-order valence-electron chi connectivity index (χ4n) is 1.30. The third kappa shape index (κ3) is 2.56. The highest BCUT2D eigenvalue weighted by molar-refractivity contribution is 7.73. The van der Waals surface area contributed by atoms with Crippen LogP contribution < -0.4 is 0 Å². The van der Waals surface area contributed by atoms with Crippen molar-refractivity contribution in [2.24, 2.45) is 0 Å². The summed E-state index contributed by atoms with van der Waals surface area (Å²) in [5.74, 6) is -1.12. The Morgan fingerprint density at radius 2 is 2.29 bits per heavy atom. The lowest BCUT2D eigenvalue weighted by Gasteiger charge is -2.02. The van der Waals surface area contributed by atoms with Crippen molar-refractivity contribution in [2.45, 2.75) is 0 Å². The van der Waals surface area contributed by atoms with Crippen molar-refractivity contribution in [1.82, 2.24) is 10.2 Å².